The quantitative estimate of drug-likeness (QED) is 0.636. The lowest BCUT2D eigenvalue weighted by Gasteiger charge is -2.05. The normalized spacial score (nSPS) is 13.4. The molecule has 0 fully saturated rings. The molecule has 10 heavy (non-hydrogen) atoms. The first-order chi connectivity index (χ1) is 4.83. The lowest BCUT2D eigenvalue weighted by atomic mass is 10.2. The van der Waals surface area contributed by atoms with Gasteiger partial charge in [-0.1, -0.05) is 12.1 Å². The summed E-state index contributed by atoms with van der Waals surface area (Å²) in [6.45, 7) is 3.64. The average molecular weight is 140 g/mol. The number of hydrogen-bond donors (Lipinski definition) is 1. The van der Waals surface area contributed by atoms with Crippen molar-refractivity contribution in [2.45, 2.75) is 13.5 Å². The van der Waals surface area contributed by atoms with Crippen molar-refractivity contribution in [3.05, 3.63) is 12.4 Å². The molecule has 1 rings (SSSR count). The number of hydrogen-bond acceptors (Lipinski definition) is 3. The predicted octanol–water partition coefficient (Wildman–Crippen LogP) is -0.127. The van der Waals surface area contributed by atoms with Crippen LogP contribution in [0.25, 0.3) is 0 Å². The van der Waals surface area contributed by atoms with E-state index in [1.807, 2.05) is 6.20 Å². The first-order valence-electron chi connectivity index (χ1n) is 3.37. The van der Waals surface area contributed by atoms with Gasteiger partial charge in [-0.05, 0) is 12.5 Å². The largest absolute Gasteiger partial charge is 0.330 e. The molecule has 1 unspecified atom stereocenters. The Kier molecular flexibility index (Phi) is 2.39. The van der Waals surface area contributed by atoms with Gasteiger partial charge >= 0.3 is 0 Å². The van der Waals surface area contributed by atoms with Crippen molar-refractivity contribution in [3.63, 3.8) is 0 Å². The molecule has 1 heterocycles. The first kappa shape index (κ1) is 7.21. The van der Waals surface area contributed by atoms with E-state index in [4.69, 9.17) is 5.73 Å². The van der Waals surface area contributed by atoms with E-state index >= 15 is 0 Å². The van der Waals surface area contributed by atoms with Gasteiger partial charge in [0.1, 0.15) is 0 Å². The number of rotatable bonds is 3. The Bertz CT molecular complexity index is 170. The van der Waals surface area contributed by atoms with Crippen LogP contribution < -0.4 is 5.73 Å². The molecule has 2 N–H and O–H groups in total. The van der Waals surface area contributed by atoms with Crippen LogP contribution >= 0.6 is 0 Å². The Labute approximate surface area is 60.0 Å². The van der Waals surface area contributed by atoms with E-state index in [0.29, 0.717) is 12.5 Å². The van der Waals surface area contributed by atoms with Crippen molar-refractivity contribution in [3.8, 4) is 0 Å². The summed E-state index contributed by atoms with van der Waals surface area (Å²) >= 11 is 0. The fraction of sp³-hybridized carbons (Fsp3) is 0.667. The molecule has 1 aromatic rings. The second kappa shape index (κ2) is 3.31. The predicted molar refractivity (Wildman–Crippen MR) is 38.2 cm³/mol. The van der Waals surface area contributed by atoms with Gasteiger partial charge in [0.05, 0.1) is 6.20 Å². The monoisotopic (exact) mass is 140 g/mol. The third-order valence-corrected chi connectivity index (χ3v) is 1.37. The van der Waals surface area contributed by atoms with Gasteiger partial charge in [-0.3, -0.25) is 4.68 Å². The van der Waals surface area contributed by atoms with Crippen LogP contribution in [0.4, 0.5) is 0 Å². The van der Waals surface area contributed by atoms with Crippen LogP contribution in [0.1, 0.15) is 6.92 Å². The highest BCUT2D eigenvalue weighted by Crippen LogP contribution is 1.94. The van der Waals surface area contributed by atoms with Crippen molar-refractivity contribution in [2.75, 3.05) is 6.54 Å². The van der Waals surface area contributed by atoms with Crippen LogP contribution in [0.2, 0.25) is 0 Å². The van der Waals surface area contributed by atoms with Gasteiger partial charge in [0, 0.05) is 12.7 Å². The molecule has 0 bridgehead atoms. The van der Waals surface area contributed by atoms with E-state index in [0.717, 1.165) is 6.54 Å². The highest BCUT2D eigenvalue weighted by molar-refractivity contribution is 4.65. The molecule has 0 aliphatic carbocycles. The standard InChI is InChI=1S/C6H12N4/c1-6(4-7)5-10-3-2-8-9-10/h2-3,6H,4-5,7H2,1H3. The Morgan fingerprint density at radius 2 is 2.50 bits per heavy atom. The molecule has 1 atom stereocenters. The summed E-state index contributed by atoms with van der Waals surface area (Å²) in [7, 11) is 0. The smallest absolute Gasteiger partial charge is 0.0692 e. The van der Waals surface area contributed by atoms with Gasteiger partial charge in [-0.25, -0.2) is 0 Å². The van der Waals surface area contributed by atoms with Crippen molar-refractivity contribution in [1.82, 2.24) is 15.0 Å². The van der Waals surface area contributed by atoms with Crippen LogP contribution in [0, 0.1) is 5.92 Å². The molecular weight excluding hydrogens is 128 g/mol. The second-order valence-electron chi connectivity index (χ2n) is 2.47. The maximum Gasteiger partial charge on any atom is 0.0692 e. The molecule has 4 heteroatoms. The summed E-state index contributed by atoms with van der Waals surface area (Å²) in [5, 5.41) is 7.50. The van der Waals surface area contributed by atoms with E-state index in [2.05, 4.69) is 17.2 Å². The van der Waals surface area contributed by atoms with E-state index in [-0.39, 0.29) is 0 Å². The highest BCUT2D eigenvalue weighted by Gasteiger charge is 1.99. The SMILES string of the molecule is CC(CN)Cn1ccnn1. The molecule has 56 valence electrons. The molecule has 0 spiro atoms. The maximum atomic E-state index is 5.43. The maximum absolute atomic E-state index is 5.43. The molecule has 0 aliphatic rings. The molecule has 0 saturated carbocycles. The van der Waals surface area contributed by atoms with E-state index in [1.54, 1.807) is 10.9 Å². The molecule has 0 radical (unpaired) electrons. The zero-order chi connectivity index (χ0) is 7.40. The summed E-state index contributed by atoms with van der Waals surface area (Å²) in [4.78, 5) is 0. The van der Waals surface area contributed by atoms with Crippen molar-refractivity contribution in [2.24, 2.45) is 11.7 Å². The molecule has 0 aliphatic heterocycles. The molecule has 0 amide bonds. The van der Waals surface area contributed by atoms with Gasteiger partial charge in [0.2, 0.25) is 0 Å². The second-order valence-corrected chi connectivity index (χ2v) is 2.47. The molecule has 1 aromatic heterocycles. The van der Waals surface area contributed by atoms with E-state index in [1.165, 1.54) is 0 Å². The van der Waals surface area contributed by atoms with Gasteiger partial charge in [-0.15, -0.1) is 5.10 Å². The van der Waals surface area contributed by atoms with Crippen molar-refractivity contribution < 1.29 is 0 Å². The van der Waals surface area contributed by atoms with Crippen LogP contribution in [-0.4, -0.2) is 21.5 Å². The minimum Gasteiger partial charge on any atom is -0.330 e. The lowest BCUT2D eigenvalue weighted by Crippen LogP contribution is -2.17. The molecule has 0 saturated heterocycles. The summed E-state index contributed by atoms with van der Waals surface area (Å²) in [6, 6.07) is 0. The fourth-order valence-corrected chi connectivity index (χ4v) is 0.724. The summed E-state index contributed by atoms with van der Waals surface area (Å²) in [6.07, 6.45) is 3.51. The summed E-state index contributed by atoms with van der Waals surface area (Å²) in [5.41, 5.74) is 5.43. The first-order valence-corrected chi connectivity index (χ1v) is 3.37. The molecular formula is C6H12N4. The highest BCUT2D eigenvalue weighted by atomic mass is 15.4. The van der Waals surface area contributed by atoms with E-state index in [9.17, 15) is 0 Å². The Morgan fingerprint density at radius 1 is 1.70 bits per heavy atom. The summed E-state index contributed by atoms with van der Waals surface area (Å²) in [5.74, 6) is 0.474. The Hall–Kier alpha value is -0.900. The molecule has 0 aromatic carbocycles. The lowest BCUT2D eigenvalue weighted by molar-refractivity contribution is 0.449. The zero-order valence-electron chi connectivity index (χ0n) is 6.07. The van der Waals surface area contributed by atoms with Gasteiger partial charge in [0.25, 0.3) is 0 Å². The van der Waals surface area contributed by atoms with Crippen LogP contribution in [-0.2, 0) is 6.54 Å². The average Bonchev–Trinajstić information content (AvgIpc) is 2.40. The molecule has 4 nitrogen and oxygen atoms in total. The van der Waals surface area contributed by atoms with Crippen LogP contribution in [0.3, 0.4) is 0 Å². The third kappa shape index (κ3) is 1.80. The third-order valence-electron chi connectivity index (χ3n) is 1.37. The topological polar surface area (TPSA) is 56.7 Å². The van der Waals surface area contributed by atoms with Crippen LogP contribution in [0.5, 0.6) is 0 Å². The van der Waals surface area contributed by atoms with Gasteiger partial charge < -0.3 is 5.73 Å². The minimum atomic E-state index is 0.474. The van der Waals surface area contributed by atoms with Crippen molar-refractivity contribution in [1.29, 1.82) is 0 Å². The zero-order valence-corrected chi connectivity index (χ0v) is 6.07. The number of aromatic nitrogens is 3. The van der Waals surface area contributed by atoms with Crippen LogP contribution in [0.15, 0.2) is 12.4 Å². The fourth-order valence-electron chi connectivity index (χ4n) is 0.724. The minimum absolute atomic E-state index is 0.474. The Morgan fingerprint density at radius 3 is 3.00 bits per heavy atom. The van der Waals surface area contributed by atoms with Crippen molar-refractivity contribution >= 4 is 0 Å². The number of nitrogens with zero attached hydrogens (tertiary/aromatic N) is 3. The van der Waals surface area contributed by atoms with Gasteiger partial charge in [0.15, 0.2) is 0 Å². The number of nitrogens with two attached hydrogens (primary N) is 1. The van der Waals surface area contributed by atoms with Gasteiger partial charge in [-0.2, -0.15) is 0 Å². The summed E-state index contributed by atoms with van der Waals surface area (Å²) < 4.78 is 1.79. The van der Waals surface area contributed by atoms with E-state index < -0.39 is 0 Å². The Balaban J connectivity index is 2.40.